The molecule has 37 heavy (non-hydrogen) atoms. The number of carboxylic acids is 1. The molecule has 6 nitrogen and oxygen atoms in total. The number of rotatable bonds is 5. The molecular weight excluding hydrogens is 468 g/mol. The van der Waals surface area contributed by atoms with Gasteiger partial charge < -0.3 is 20.1 Å². The molecule has 0 aromatic heterocycles. The highest BCUT2D eigenvalue weighted by Gasteiger charge is 2.66. The summed E-state index contributed by atoms with van der Waals surface area (Å²) in [5.74, 6) is -1.64. The first-order valence-corrected chi connectivity index (χ1v) is 13.4. The van der Waals surface area contributed by atoms with Crippen LogP contribution in [-0.4, -0.2) is 45.6 Å². The van der Waals surface area contributed by atoms with Crippen molar-refractivity contribution >= 4 is 11.9 Å². The Labute approximate surface area is 220 Å². The van der Waals surface area contributed by atoms with Crippen LogP contribution < -0.4 is 0 Å². The van der Waals surface area contributed by atoms with Crippen LogP contribution in [-0.2, 0) is 14.3 Å². The molecule has 7 atom stereocenters. The Morgan fingerprint density at radius 2 is 1.84 bits per heavy atom. The van der Waals surface area contributed by atoms with Crippen molar-refractivity contribution in [3.63, 3.8) is 0 Å². The van der Waals surface area contributed by atoms with Gasteiger partial charge in [0.2, 0.25) is 0 Å². The first kappa shape index (κ1) is 27.6. The maximum Gasteiger partial charge on any atom is 0.331 e. The van der Waals surface area contributed by atoms with Crippen molar-refractivity contribution < 1.29 is 29.6 Å². The van der Waals surface area contributed by atoms with Crippen LogP contribution >= 0.6 is 0 Å². The Hall–Kier alpha value is -2.44. The Bertz CT molecular complexity index is 1160. The summed E-state index contributed by atoms with van der Waals surface area (Å²) >= 11 is 0. The predicted octanol–water partition coefficient (Wildman–Crippen LogP) is 5.43. The van der Waals surface area contributed by atoms with Crippen LogP contribution in [0.2, 0.25) is 0 Å². The maximum absolute atomic E-state index is 12.6. The van der Waals surface area contributed by atoms with E-state index in [1.807, 2.05) is 32.9 Å². The quantitative estimate of drug-likeness (QED) is 0.259. The molecule has 202 valence electrons. The molecule has 6 heteroatoms. The van der Waals surface area contributed by atoms with Crippen LogP contribution in [0.4, 0.5) is 0 Å². The number of carbonyl (C=O) groups excluding carboxylic acids is 1. The molecule has 4 rings (SSSR count). The second-order valence-corrected chi connectivity index (χ2v) is 12.4. The summed E-state index contributed by atoms with van der Waals surface area (Å²) in [5.41, 5.74) is 3.30. The lowest BCUT2D eigenvalue weighted by Crippen LogP contribution is -2.58. The van der Waals surface area contributed by atoms with Crippen molar-refractivity contribution in [1.29, 1.82) is 0 Å². The van der Waals surface area contributed by atoms with Crippen LogP contribution in [0, 0.1) is 22.2 Å². The van der Waals surface area contributed by atoms with Gasteiger partial charge in [-0.2, -0.15) is 0 Å². The fourth-order valence-electron chi connectivity index (χ4n) is 7.97. The molecule has 1 saturated carbocycles. The van der Waals surface area contributed by atoms with Crippen LogP contribution in [0.15, 0.2) is 57.7 Å². The van der Waals surface area contributed by atoms with Crippen LogP contribution in [0.5, 0.6) is 0 Å². The Morgan fingerprint density at radius 1 is 1.16 bits per heavy atom. The molecule has 0 spiro atoms. The van der Waals surface area contributed by atoms with Gasteiger partial charge in [-0.3, -0.25) is 4.79 Å². The highest BCUT2D eigenvalue weighted by Crippen LogP contribution is 2.70. The van der Waals surface area contributed by atoms with Gasteiger partial charge in [-0.25, -0.2) is 4.79 Å². The van der Waals surface area contributed by atoms with E-state index in [-0.39, 0.29) is 16.9 Å². The number of aliphatic hydroxyl groups excluding tert-OH is 2. The topological polar surface area (TPSA) is 104 Å². The fourth-order valence-corrected chi connectivity index (χ4v) is 7.97. The number of aliphatic carboxylic acids is 1. The third kappa shape index (κ3) is 4.17. The van der Waals surface area contributed by atoms with E-state index >= 15 is 0 Å². The summed E-state index contributed by atoms with van der Waals surface area (Å²) in [6.07, 6.45) is 8.87. The number of esters is 1. The lowest BCUT2D eigenvalue weighted by Gasteiger charge is -2.62. The van der Waals surface area contributed by atoms with Crippen molar-refractivity contribution in [2.24, 2.45) is 22.2 Å². The van der Waals surface area contributed by atoms with Crippen molar-refractivity contribution in [1.82, 2.24) is 0 Å². The monoisotopic (exact) mass is 510 g/mol. The molecule has 1 unspecified atom stereocenters. The summed E-state index contributed by atoms with van der Waals surface area (Å²) in [6, 6.07) is 0. The highest BCUT2D eigenvalue weighted by atomic mass is 16.5. The van der Waals surface area contributed by atoms with E-state index in [2.05, 4.69) is 32.9 Å². The zero-order valence-electron chi connectivity index (χ0n) is 23.2. The van der Waals surface area contributed by atoms with Gasteiger partial charge in [0.15, 0.2) is 0 Å². The number of ether oxygens (including phenoxy) is 1. The molecule has 0 aromatic rings. The number of carbonyl (C=O) groups is 2. The molecular formula is C31H42O6. The van der Waals surface area contributed by atoms with Gasteiger partial charge in [-0.1, -0.05) is 50.6 Å². The van der Waals surface area contributed by atoms with E-state index in [1.54, 1.807) is 0 Å². The smallest absolute Gasteiger partial charge is 0.331 e. The van der Waals surface area contributed by atoms with Gasteiger partial charge in [-0.05, 0) is 75.0 Å². The standard InChI is InChI=1S/C31H42O6/c1-17(2)9-8-10-20(28(35)36)26-22-15-24(34)27-29(5)13-12-23(33)18(3)21(29)11-14-30(27,6)31(22,7)16-25(26)37-19(4)32/h9,11,14-15,23-25,27,33-34H,8,10,12-13,16H2,1-7H3,(H,35,36)/b26-20-/t23-,24-,25+,27?,29+,30+,31+/m1/s1. The summed E-state index contributed by atoms with van der Waals surface area (Å²) in [4.78, 5) is 24.7. The van der Waals surface area contributed by atoms with Crippen LogP contribution in [0.3, 0.4) is 0 Å². The maximum atomic E-state index is 12.6. The third-order valence-electron chi connectivity index (χ3n) is 9.91. The number of hydrogen-bond acceptors (Lipinski definition) is 5. The van der Waals surface area contributed by atoms with E-state index in [0.29, 0.717) is 31.3 Å². The Balaban J connectivity index is 1.93. The minimum Gasteiger partial charge on any atom is -0.478 e. The molecule has 4 aliphatic rings. The van der Waals surface area contributed by atoms with Crippen molar-refractivity contribution in [2.45, 2.75) is 98.9 Å². The average Bonchev–Trinajstić information content (AvgIpc) is 3.05. The summed E-state index contributed by atoms with van der Waals surface area (Å²) in [7, 11) is 0. The second-order valence-electron chi connectivity index (χ2n) is 12.4. The molecule has 0 bridgehead atoms. The van der Waals surface area contributed by atoms with Gasteiger partial charge in [0.05, 0.1) is 12.2 Å². The summed E-state index contributed by atoms with van der Waals surface area (Å²) < 4.78 is 5.80. The first-order valence-electron chi connectivity index (χ1n) is 13.4. The number of fused-ring (bicyclic) bond motifs is 5. The minimum absolute atomic E-state index is 0.174. The van der Waals surface area contributed by atoms with Crippen molar-refractivity contribution in [3.05, 3.63) is 57.7 Å². The van der Waals surface area contributed by atoms with Gasteiger partial charge in [0, 0.05) is 34.8 Å². The number of hydrogen-bond donors (Lipinski definition) is 3. The minimum atomic E-state index is -1.02. The first-order chi connectivity index (χ1) is 17.2. The van der Waals surface area contributed by atoms with E-state index in [9.17, 15) is 24.9 Å². The normalized spacial score (nSPS) is 39.8. The molecule has 0 aliphatic heterocycles. The van der Waals surface area contributed by atoms with Gasteiger partial charge in [-0.15, -0.1) is 0 Å². The highest BCUT2D eigenvalue weighted by molar-refractivity contribution is 5.89. The Morgan fingerprint density at radius 3 is 2.43 bits per heavy atom. The second kappa shape index (κ2) is 9.39. The van der Waals surface area contributed by atoms with Gasteiger partial charge >= 0.3 is 11.9 Å². The lowest BCUT2D eigenvalue weighted by atomic mass is 9.42. The average molecular weight is 511 g/mol. The SMILES string of the molecule is CC(=O)O[C@H]1C[C@@]2(C)C(=C[C@@H](O)C3[C@@]4(C)CC[C@@H](O)C(C)=C4C=C[C@@]32C)/C1=C(\CCC=C(C)C)C(=O)O. The third-order valence-corrected chi connectivity index (χ3v) is 9.91. The van der Waals surface area contributed by atoms with Gasteiger partial charge in [0.25, 0.3) is 0 Å². The molecule has 4 aliphatic carbocycles. The molecule has 1 fully saturated rings. The summed E-state index contributed by atoms with van der Waals surface area (Å²) in [5, 5.41) is 32.6. The molecule has 0 amide bonds. The molecule has 0 saturated heterocycles. The van der Waals surface area contributed by atoms with Crippen LogP contribution in [0.25, 0.3) is 0 Å². The van der Waals surface area contributed by atoms with Gasteiger partial charge in [0.1, 0.15) is 6.10 Å². The number of aliphatic hydroxyl groups is 2. The lowest BCUT2D eigenvalue weighted by molar-refractivity contribution is -0.146. The molecule has 0 heterocycles. The summed E-state index contributed by atoms with van der Waals surface area (Å²) in [6.45, 7) is 13.8. The molecule has 0 aromatic carbocycles. The number of carboxylic acid groups (broad SMARTS) is 1. The van der Waals surface area contributed by atoms with Crippen LogP contribution in [0.1, 0.15) is 80.6 Å². The van der Waals surface area contributed by atoms with Crippen molar-refractivity contribution in [3.8, 4) is 0 Å². The molecule has 0 radical (unpaired) electrons. The molecule has 3 N–H and O–H groups in total. The van der Waals surface area contributed by atoms with E-state index in [0.717, 1.165) is 28.7 Å². The fraction of sp³-hybridized carbons (Fsp3) is 0.613. The zero-order chi connectivity index (χ0) is 27.5. The van der Waals surface area contributed by atoms with E-state index in [4.69, 9.17) is 4.74 Å². The van der Waals surface area contributed by atoms with E-state index < -0.39 is 41.1 Å². The zero-order valence-corrected chi connectivity index (χ0v) is 23.2. The largest absolute Gasteiger partial charge is 0.478 e. The van der Waals surface area contributed by atoms with E-state index in [1.165, 1.54) is 6.92 Å². The van der Waals surface area contributed by atoms with Crippen molar-refractivity contribution in [2.75, 3.05) is 0 Å². The number of allylic oxidation sites excluding steroid dienone is 5. The predicted molar refractivity (Wildman–Crippen MR) is 142 cm³/mol. The Kier molecular flexibility index (Phi) is 7.00.